The average Bonchev–Trinajstić information content (AvgIpc) is 2.25. The van der Waals surface area contributed by atoms with Crippen LogP contribution in [0.25, 0.3) is 10.9 Å². The van der Waals surface area contributed by atoms with Crippen molar-refractivity contribution < 1.29 is 0 Å². The number of benzene rings is 1. The minimum Gasteiger partial charge on any atom is -0.368 e. The van der Waals surface area contributed by atoms with Crippen molar-refractivity contribution in [1.82, 2.24) is 9.55 Å². The van der Waals surface area contributed by atoms with Gasteiger partial charge >= 0.3 is 0 Å². The summed E-state index contributed by atoms with van der Waals surface area (Å²) in [6.45, 7) is 1.92. The molecular weight excluding hydrogens is 202 g/mol. The highest BCUT2D eigenvalue weighted by Crippen LogP contribution is 2.12. The molecule has 2 rings (SSSR count). The molecule has 0 spiro atoms. The summed E-state index contributed by atoms with van der Waals surface area (Å²) in [5.41, 5.74) is 7.60. The molecule has 0 radical (unpaired) electrons. The molecule has 2 aromatic rings. The Hall–Kier alpha value is -2.17. The topological polar surface area (TPSA) is 80.1 Å². The average molecular weight is 215 g/mol. The minimum atomic E-state index is -0.238. The Morgan fingerprint density at radius 1 is 1.44 bits per heavy atom. The second-order valence-corrected chi connectivity index (χ2v) is 3.57. The third kappa shape index (κ3) is 1.67. The molecule has 0 aliphatic heterocycles. The van der Waals surface area contributed by atoms with E-state index in [2.05, 4.69) is 9.98 Å². The predicted molar refractivity (Wildman–Crippen MR) is 62.9 cm³/mol. The number of rotatable bonds is 0. The smallest absolute Gasteiger partial charge is 0.233 e. The van der Waals surface area contributed by atoms with Gasteiger partial charge in [-0.2, -0.15) is 4.99 Å². The molecule has 0 aliphatic rings. The monoisotopic (exact) mass is 215 g/mol. The third-order valence-electron chi connectivity index (χ3n) is 2.44. The summed E-state index contributed by atoms with van der Waals surface area (Å²) < 4.78 is 1.82. The van der Waals surface area contributed by atoms with E-state index in [9.17, 15) is 0 Å². The van der Waals surface area contributed by atoms with Crippen LogP contribution >= 0.6 is 0 Å². The maximum absolute atomic E-state index is 7.16. The third-order valence-corrected chi connectivity index (χ3v) is 2.44. The quantitative estimate of drug-likeness (QED) is 0.500. The molecule has 16 heavy (non-hydrogen) atoms. The second-order valence-electron chi connectivity index (χ2n) is 3.57. The summed E-state index contributed by atoms with van der Waals surface area (Å²) in [4.78, 5) is 8.20. The van der Waals surface area contributed by atoms with Crippen LogP contribution < -0.4 is 11.4 Å². The first-order chi connectivity index (χ1) is 7.59. The molecular formula is C11H13N5. The summed E-state index contributed by atoms with van der Waals surface area (Å²) in [5.74, 6) is -0.238. The van der Waals surface area contributed by atoms with Crippen LogP contribution in [-0.4, -0.2) is 15.5 Å². The first kappa shape index (κ1) is 10.4. The Labute approximate surface area is 92.8 Å². The zero-order chi connectivity index (χ0) is 11.7. The van der Waals surface area contributed by atoms with E-state index in [4.69, 9.17) is 11.1 Å². The van der Waals surface area contributed by atoms with Crippen LogP contribution in [-0.2, 0) is 7.05 Å². The van der Waals surface area contributed by atoms with Gasteiger partial charge in [-0.3, -0.25) is 5.41 Å². The second kappa shape index (κ2) is 3.77. The first-order valence-corrected chi connectivity index (χ1v) is 4.90. The van der Waals surface area contributed by atoms with Gasteiger partial charge in [-0.05, 0) is 13.0 Å². The van der Waals surface area contributed by atoms with E-state index < -0.39 is 0 Å². The fourth-order valence-corrected chi connectivity index (χ4v) is 1.67. The van der Waals surface area contributed by atoms with Crippen molar-refractivity contribution >= 4 is 16.9 Å². The van der Waals surface area contributed by atoms with E-state index in [0.29, 0.717) is 5.62 Å². The Balaban J connectivity index is 2.91. The van der Waals surface area contributed by atoms with Crippen LogP contribution in [0.3, 0.4) is 0 Å². The van der Waals surface area contributed by atoms with Crippen molar-refractivity contribution in [3.05, 3.63) is 35.6 Å². The molecule has 1 aromatic heterocycles. The number of nitrogens with zero attached hydrogens (tertiary/aromatic N) is 3. The Kier molecular flexibility index (Phi) is 2.44. The molecule has 0 aliphatic carbocycles. The highest BCUT2D eigenvalue weighted by atomic mass is 15.1. The van der Waals surface area contributed by atoms with E-state index in [1.54, 1.807) is 0 Å². The molecule has 0 bridgehead atoms. The maximum Gasteiger partial charge on any atom is 0.233 e. The number of aryl methyl sites for hydroxylation is 2. The molecule has 0 saturated heterocycles. The molecule has 1 heterocycles. The standard InChI is InChI=1S/C11H13N5/c1-7-8-5-3-4-6-9(8)16(2)11(14-7)15-10(12)13/h3-6H,1-2H3,(H3,12,13)/b15-11-. The molecule has 5 nitrogen and oxygen atoms in total. The van der Waals surface area contributed by atoms with Crippen molar-refractivity contribution in [1.29, 1.82) is 5.41 Å². The molecule has 3 N–H and O–H groups in total. The van der Waals surface area contributed by atoms with E-state index in [0.717, 1.165) is 16.6 Å². The van der Waals surface area contributed by atoms with Crippen molar-refractivity contribution in [3.63, 3.8) is 0 Å². The minimum absolute atomic E-state index is 0.238. The summed E-state index contributed by atoms with van der Waals surface area (Å²) in [7, 11) is 1.86. The number of para-hydroxylation sites is 1. The normalized spacial score (nSPS) is 12.0. The van der Waals surface area contributed by atoms with Crippen molar-refractivity contribution in [3.8, 4) is 0 Å². The van der Waals surface area contributed by atoms with Gasteiger partial charge in [0.05, 0.1) is 11.2 Å². The SMILES string of the molecule is Cc1n/c(=N/C(=N)N)n(C)c2ccccc12. The lowest BCUT2D eigenvalue weighted by Gasteiger charge is -2.07. The van der Waals surface area contributed by atoms with Gasteiger partial charge in [0.15, 0.2) is 0 Å². The maximum atomic E-state index is 7.16. The number of hydrogen-bond acceptors (Lipinski definition) is 2. The molecule has 0 atom stereocenters. The van der Waals surface area contributed by atoms with Gasteiger partial charge in [-0.15, -0.1) is 0 Å². The van der Waals surface area contributed by atoms with E-state index in [1.807, 2.05) is 42.8 Å². The Bertz CT molecular complexity index is 624. The summed E-state index contributed by atoms with van der Waals surface area (Å²) in [5, 5.41) is 8.24. The summed E-state index contributed by atoms with van der Waals surface area (Å²) in [6, 6.07) is 7.93. The summed E-state index contributed by atoms with van der Waals surface area (Å²) in [6.07, 6.45) is 0. The van der Waals surface area contributed by atoms with Crippen LogP contribution in [0.1, 0.15) is 5.69 Å². The van der Waals surface area contributed by atoms with Crippen molar-refractivity contribution in [2.45, 2.75) is 6.92 Å². The number of fused-ring (bicyclic) bond motifs is 1. The molecule has 0 amide bonds. The molecule has 1 aromatic carbocycles. The lowest BCUT2D eigenvalue weighted by molar-refractivity contribution is 0.813. The number of guanidine groups is 1. The summed E-state index contributed by atoms with van der Waals surface area (Å²) >= 11 is 0. The number of aromatic nitrogens is 2. The van der Waals surface area contributed by atoms with Gasteiger partial charge in [0.2, 0.25) is 11.6 Å². The molecule has 5 heteroatoms. The zero-order valence-corrected chi connectivity index (χ0v) is 9.23. The molecule has 0 saturated carbocycles. The van der Waals surface area contributed by atoms with Crippen LogP contribution in [0.5, 0.6) is 0 Å². The Morgan fingerprint density at radius 2 is 2.12 bits per heavy atom. The largest absolute Gasteiger partial charge is 0.368 e. The Morgan fingerprint density at radius 3 is 2.81 bits per heavy atom. The lowest BCUT2D eigenvalue weighted by atomic mass is 10.2. The molecule has 0 fully saturated rings. The van der Waals surface area contributed by atoms with Gasteiger partial charge in [0.1, 0.15) is 0 Å². The molecule has 0 unspecified atom stereocenters. The highest BCUT2D eigenvalue weighted by Gasteiger charge is 2.02. The van der Waals surface area contributed by atoms with Gasteiger partial charge in [-0.25, -0.2) is 4.98 Å². The van der Waals surface area contributed by atoms with Gasteiger partial charge in [0, 0.05) is 12.4 Å². The molecule has 82 valence electrons. The lowest BCUT2D eigenvalue weighted by Crippen LogP contribution is -2.26. The fourth-order valence-electron chi connectivity index (χ4n) is 1.67. The van der Waals surface area contributed by atoms with E-state index >= 15 is 0 Å². The van der Waals surface area contributed by atoms with Crippen LogP contribution in [0, 0.1) is 12.3 Å². The predicted octanol–water partition coefficient (Wildman–Crippen LogP) is 0.676. The van der Waals surface area contributed by atoms with Crippen LogP contribution in [0.15, 0.2) is 29.3 Å². The first-order valence-electron chi connectivity index (χ1n) is 4.90. The van der Waals surface area contributed by atoms with Crippen molar-refractivity contribution in [2.75, 3.05) is 0 Å². The number of nitrogens with two attached hydrogens (primary N) is 1. The van der Waals surface area contributed by atoms with Crippen LogP contribution in [0.4, 0.5) is 0 Å². The number of nitrogens with one attached hydrogen (secondary N) is 1. The number of hydrogen-bond donors (Lipinski definition) is 2. The zero-order valence-electron chi connectivity index (χ0n) is 9.23. The van der Waals surface area contributed by atoms with Crippen molar-refractivity contribution in [2.24, 2.45) is 17.8 Å². The fraction of sp³-hybridized carbons (Fsp3) is 0.182. The highest BCUT2D eigenvalue weighted by molar-refractivity contribution is 5.81. The van der Waals surface area contributed by atoms with E-state index in [-0.39, 0.29) is 5.96 Å². The van der Waals surface area contributed by atoms with Gasteiger partial charge in [-0.1, -0.05) is 18.2 Å². The van der Waals surface area contributed by atoms with Gasteiger partial charge < -0.3 is 10.3 Å². The van der Waals surface area contributed by atoms with Gasteiger partial charge in [0.25, 0.3) is 0 Å². The van der Waals surface area contributed by atoms with E-state index in [1.165, 1.54) is 0 Å². The van der Waals surface area contributed by atoms with Crippen LogP contribution in [0.2, 0.25) is 0 Å².